The normalized spacial score (nSPS) is 11.1. The van der Waals surface area contributed by atoms with Crippen molar-refractivity contribution in [3.63, 3.8) is 0 Å². The fourth-order valence-electron chi connectivity index (χ4n) is 1.94. The van der Waals surface area contributed by atoms with Crippen LogP contribution in [0.1, 0.15) is 16.9 Å². The molecule has 5 heteroatoms. The molecule has 102 valence electrons. The van der Waals surface area contributed by atoms with Crippen molar-refractivity contribution in [2.75, 3.05) is 13.2 Å². The van der Waals surface area contributed by atoms with Gasteiger partial charge in [-0.2, -0.15) is 0 Å². The Labute approximate surface area is 122 Å². The van der Waals surface area contributed by atoms with E-state index in [9.17, 15) is 0 Å². The third-order valence-corrected chi connectivity index (χ3v) is 3.79. The molecule has 0 radical (unpaired) electrons. The molecule has 0 fully saturated rings. The van der Waals surface area contributed by atoms with Gasteiger partial charge in [0.1, 0.15) is 0 Å². The Morgan fingerprint density at radius 3 is 2.89 bits per heavy atom. The SMILES string of the molecule is OCCCN(Cc1cccc(Cl)c1)Cc1cncs1. The van der Waals surface area contributed by atoms with Crippen LogP contribution in [-0.4, -0.2) is 28.1 Å². The molecule has 0 atom stereocenters. The van der Waals surface area contributed by atoms with E-state index in [1.54, 1.807) is 11.3 Å². The van der Waals surface area contributed by atoms with Crippen molar-refractivity contribution in [3.05, 3.63) is 51.4 Å². The van der Waals surface area contributed by atoms with Gasteiger partial charge in [0.05, 0.1) is 5.51 Å². The lowest BCUT2D eigenvalue weighted by Crippen LogP contribution is -2.24. The number of hydrogen-bond acceptors (Lipinski definition) is 4. The molecule has 0 amide bonds. The summed E-state index contributed by atoms with van der Waals surface area (Å²) in [6, 6.07) is 7.91. The second kappa shape index (κ2) is 7.60. The van der Waals surface area contributed by atoms with E-state index in [4.69, 9.17) is 16.7 Å². The predicted octanol–water partition coefficient (Wildman–Crippen LogP) is 3.18. The molecule has 0 saturated heterocycles. The molecule has 0 aliphatic carbocycles. The zero-order valence-corrected chi connectivity index (χ0v) is 12.2. The molecular formula is C14H17ClN2OS. The predicted molar refractivity (Wildman–Crippen MR) is 79.4 cm³/mol. The Kier molecular flexibility index (Phi) is 5.79. The third-order valence-electron chi connectivity index (χ3n) is 2.79. The van der Waals surface area contributed by atoms with Crippen LogP contribution in [0.3, 0.4) is 0 Å². The second-order valence-electron chi connectivity index (χ2n) is 4.39. The van der Waals surface area contributed by atoms with Crippen LogP contribution in [0.5, 0.6) is 0 Å². The van der Waals surface area contributed by atoms with Gasteiger partial charge in [0.25, 0.3) is 0 Å². The van der Waals surface area contributed by atoms with Crippen LogP contribution >= 0.6 is 22.9 Å². The van der Waals surface area contributed by atoms with Crippen LogP contribution in [0.15, 0.2) is 36.0 Å². The molecule has 0 aliphatic rings. The van der Waals surface area contributed by atoms with Crippen molar-refractivity contribution in [2.45, 2.75) is 19.5 Å². The molecule has 19 heavy (non-hydrogen) atoms. The molecule has 1 aromatic carbocycles. The number of thiazole rings is 1. The topological polar surface area (TPSA) is 36.4 Å². The summed E-state index contributed by atoms with van der Waals surface area (Å²) in [6.07, 6.45) is 2.67. The lowest BCUT2D eigenvalue weighted by Gasteiger charge is -2.21. The summed E-state index contributed by atoms with van der Waals surface area (Å²) < 4.78 is 0. The quantitative estimate of drug-likeness (QED) is 0.852. The fourth-order valence-corrected chi connectivity index (χ4v) is 2.79. The first-order chi connectivity index (χ1) is 9.28. The summed E-state index contributed by atoms with van der Waals surface area (Å²) in [6.45, 7) is 2.77. The Morgan fingerprint density at radius 2 is 2.21 bits per heavy atom. The molecule has 0 bridgehead atoms. The highest BCUT2D eigenvalue weighted by atomic mass is 35.5. The Bertz CT molecular complexity index is 490. The highest BCUT2D eigenvalue weighted by Gasteiger charge is 2.08. The number of benzene rings is 1. The summed E-state index contributed by atoms with van der Waals surface area (Å²) in [4.78, 5) is 7.64. The van der Waals surface area contributed by atoms with Crippen molar-refractivity contribution in [1.29, 1.82) is 0 Å². The monoisotopic (exact) mass is 296 g/mol. The molecule has 1 N–H and O–H groups in total. The number of aromatic nitrogens is 1. The standard InChI is InChI=1S/C14H17ClN2OS/c15-13-4-1-3-12(7-13)9-17(5-2-6-18)10-14-8-16-11-19-14/h1,3-4,7-8,11,18H,2,5-6,9-10H2. The number of hydrogen-bond donors (Lipinski definition) is 1. The van der Waals surface area contributed by atoms with Crippen LogP contribution in [0.4, 0.5) is 0 Å². The maximum Gasteiger partial charge on any atom is 0.0794 e. The van der Waals surface area contributed by atoms with E-state index >= 15 is 0 Å². The maximum atomic E-state index is 8.99. The molecule has 0 saturated carbocycles. The lowest BCUT2D eigenvalue weighted by atomic mass is 10.2. The summed E-state index contributed by atoms with van der Waals surface area (Å²) in [5.74, 6) is 0. The molecule has 3 nitrogen and oxygen atoms in total. The average Bonchev–Trinajstić information content (AvgIpc) is 2.89. The van der Waals surface area contributed by atoms with Crippen molar-refractivity contribution in [1.82, 2.24) is 9.88 Å². The minimum absolute atomic E-state index is 0.217. The number of aliphatic hydroxyl groups excluding tert-OH is 1. The van der Waals surface area contributed by atoms with Crippen LogP contribution in [0.25, 0.3) is 0 Å². The van der Waals surface area contributed by atoms with Gasteiger partial charge in [-0.05, 0) is 24.1 Å². The minimum Gasteiger partial charge on any atom is -0.396 e. The van der Waals surface area contributed by atoms with E-state index in [1.807, 2.05) is 29.9 Å². The lowest BCUT2D eigenvalue weighted by molar-refractivity contribution is 0.214. The first-order valence-electron chi connectivity index (χ1n) is 6.23. The summed E-state index contributed by atoms with van der Waals surface area (Å²) in [7, 11) is 0. The first-order valence-corrected chi connectivity index (χ1v) is 7.48. The molecule has 0 aliphatic heterocycles. The van der Waals surface area contributed by atoms with Crippen molar-refractivity contribution in [3.8, 4) is 0 Å². The maximum absolute atomic E-state index is 8.99. The van der Waals surface area contributed by atoms with Gasteiger partial charge < -0.3 is 5.11 Å². The Hall–Kier alpha value is -0.940. The fraction of sp³-hybridized carbons (Fsp3) is 0.357. The van der Waals surface area contributed by atoms with Gasteiger partial charge in [0.2, 0.25) is 0 Å². The molecule has 0 spiro atoms. The third kappa shape index (κ3) is 4.91. The summed E-state index contributed by atoms with van der Waals surface area (Å²) in [5.41, 5.74) is 3.04. The molecule has 1 heterocycles. The van der Waals surface area contributed by atoms with E-state index < -0.39 is 0 Å². The molecule has 1 aromatic heterocycles. The minimum atomic E-state index is 0.217. The highest BCUT2D eigenvalue weighted by molar-refractivity contribution is 7.09. The largest absolute Gasteiger partial charge is 0.396 e. The van der Waals surface area contributed by atoms with E-state index in [2.05, 4.69) is 16.0 Å². The van der Waals surface area contributed by atoms with Gasteiger partial charge in [-0.25, -0.2) is 0 Å². The molecule has 2 aromatic rings. The van der Waals surface area contributed by atoms with E-state index in [0.29, 0.717) is 0 Å². The van der Waals surface area contributed by atoms with Crippen molar-refractivity contribution >= 4 is 22.9 Å². The van der Waals surface area contributed by atoms with Crippen LogP contribution in [0, 0.1) is 0 Å². The van der Waals surface area contributed by atoms with Crippen LogP contribution in [0.2, 0.25) is 5.02 Å². The highest BCUT2D eigenvalue weighted by Crippen LogP contribution is 2.16. The summed E-state index contributed by atoms with van der Waals surface area (Å²) >= 11 is 7.67. The molecular weight excluding hydrogens is 280 g/mol. The smallest absolute Gasteiger partial charge is 0.0794 e. The number of aliphatic hydroxyl groups is 1. The van der Waals surface area contributed by atoms with Crippen molar-refractivity contribution < 1.29 is 5.11 Å². The number of rotatable bonds is 7. The van der Waals surface area contributed by atoms with Gasteiger partial charge in [-0.15, -0.1) is 11.3 Å². The zero-order chi connectivity index (χ0) is 13.5. The van der Waals surface area contributed by atoms with E-state index in [-0.39, 0.29) is 6.61 Å². The van der Waals surface area contributed by atoms with Crippen molar-refractivity contribution in [2.24, 2.45) is 0 Å². The Morgan fingerprint density at radius 1 is 1.32 bits per heavy atom. The first kappa shape index (κ1) is 14.5. The number of halogens is 1. The zero-order valence-electron chi connectivity index (χ0n) is 10.6. The molecule has 2 rings (SSSR count). The van der Waals surface area contributed by atoms with Gasteiger partial charge >= 0.3 is 0 Å². The molecule has 0 unspecified atom stereocenters. The Balaban J connectivity index is 2.00. The van der Waals surface area contributed by atoms with E-state index in [0.717, 1.165) is 31.1 Å². The van der Waals surface area contributed by atoms with Crippen LogP contribution in [-0.2, 0) is 13.1 Å². The summed E-state index contributed by atoms with van der Waals surface area (Å²) in [5, 5.41) is 9.76. The van der Waals surface area contributed by atoms with E-state index in [1.165, 1.54) is 10.4 Å². The number of nitrogens with zero attached hydrogens (tertiary/aromatic N) is 2. The van der Waals surface area contributed by atoms with Gasteiger partial charge in [0, 0.05) is 42.3 Å². The van der Waals surface area contributed by atoms with Gasteiger partial charge in [0.15, 0.2) is 0 Å². The van der Waals surface area contributed by atoms with Gasteiger partial charge in [-0.1, -0.05) is 23.7 Å². The second-order valence-corrected chi connectivity index (χ2v) is 5.79. The van der Waals surface area contributed by atoms with Gasteiger partial charge in [-0.3, -0.25) is 9.88 Å². The average molecular weight is 297 g/mol. The van der Waals surface area contributed by atoms with Crippen LogP contribution < -0.4 is 0 Å².